The predicted octanol–water partition coefficient (Wildman–Crippen LogP) is 4.12. The number of ether oxygens (including phenoxy) is 2. The van der Waals surface area contributed by atoms with Gasteiger partial charge in [0.2, 0.25) is 5.89 Å². The SMILES string of the molecule is CCOC(=O)c1ccc(C)nc1-c1nc([C@H](C)NC(=O)OC(C)(C)C)oc1C. The average molecular weight is 389 g/mol. The van der Waals surface area contributed by atoms with Crippen molar-refractivity contribution in [1.29, 1.82) is 0 Å². The number of esters is 1. The Morgan fingerprint density at radius 1 is 1.18 bits per heavy atom. The molecule has 0 bridgehead atoms. The van der Waals surface area contributed by atoms with Crippen molar-refractivity contribution >= 4 is 12.1 Å². The van der Waals surface area contributed by atoms with Crippen molar-refractivity contribution in [2.45, 2.75) is 60.1 Å². The first-order valence-electron chi connectivity index (χ1n) is 9.13. The second kappa shape index (κ2) is 8.41. The Morgan fingerprint density at radius 2 is 1.86 bits per heavy atom. The molecule has 0 aromatic carbocycles. The first kappa shape index (κ1) is 21.4. The maximum Gasteiger partial charge on any atom is 0.408 e. The summed E-state index contributed by atoms with van der Waals surface area (Å²) >= 11 is 0. The van der Waals surface area contributed by atoms with Crippen LogP contribution in [0, 0.1) is 13.8 Å². The minimum Gasteiger partial charge on any atom is -0.462 e. The molecule has 0 aliphatic rings. The minimum atomic E-state index is -0.610. The fraction of sp³-hybridized carbons (Fsp3) is 0.500. The number of rotatable bonds is 5. The van der Waals surface area contributed by atoms with Gasteiger partial charge in [0.25, 0.3) is 0 Å². The zero-order valence-corrected chi connectivity index (χ0v) is 17.4. The van der Waals surface area contributed by atoms with Crippen LogP contribution in [0.4, 0.5) is 4.79 Å². The van der Waals surface area contributed by atoms with Crippen LogP contribution in [-0.4, -0.2) is 34.2 Å². The van der Waals surface area contributed by atoms with Gasteiger partial charge in [-0.25, -0.2) is 14.6 Å². The molecule has 0 saturated carbocycles. The molecule has 2 aromatic heterocycles. The van der Waals surface area contributed by atoms with Gasteiger partial charge >= 0.3 is 12.1 Å². The zero-order chi connectivity index (χ0) is 21.1. The normalized spacial score (nSPS) is 12.4. The van der Waals surface area contributed by atoms with Gasteiger partial charge in [-0.15, -0.1) is 0 Å². The highest BCUT2D eigenvalue weighted by Gasteiger charge is 2.25. The van der Waals surface area contributed by atoms with Crippen molar-refractivity contribution < 1.29 is 23.5 Å². The van der Waals surface area contributed by atoms with E-state index in [-0.39, 0.29) is 12.5 Å². The zero-order valence-electron chi connectivity index (χ0n) is 17.4. The lowest BCUT2D eigenvalue weighted by atomic mass is 10.1. The number of oxazole rings is 1. The molecule has 1 atom stereocenters. The summed E-state index contributed by atoms with van der Waals surface area (Å²) in [6.45, 7) is 12.6. The van der Waals surface area contributed by atoms with Crippen LogP contribution in [0.2, 0.25) is 0 Å². The summed E-state index contributed by atoms with van der Waals surface area (Å²) in [6, 6.07) is 2.86. The van der Waals surface area contributed by atoms with Crippen molar-refractivity contribution in [2.75, 3.05) is 6.61 Å². The maximum atomic E-state index is 12.3. The summed E-state index contributed by atoms with van der Waals surface area (Å²) < 4.78 is 16.1. The third-order valence-corrected chi connectivity index (χ3v) is 3.67. The predicted molar refractivity (Wildman–Crippen MR) is 103 cm³/mol. The lowest BCUT2D eigenvalue weighted by molar-refractivity contribution is 0.0497. The van der Waals surface area contributed by atoms with Crippen LogP contribution in [-0.2, 0) is 9.47 Å². The van der Waals surface area contributed by atoms with Gasteiger partial charge < -0.3 is 19.2 Å². The number of carbonyl (C=O) groups is 2. The van der Waals surface area contributed by atoms with Crippen molar-refractivity contribution in [2.24, 2.45) is 0 Å². The van der Waals surface area contributed by atoms with Crippen LogP contribution < -0.4 is 5.32 Å². The fourth-order valence-corrected chi connectivity index (χ4v) is 2.48. The van der Waals surface area contributed by atoms with Crippen LogP contribution >= 0.6 is 0 Å². The highest BCUT2D eigenvalue weighted by atomic mass is 16.6. The second-order valence-corrected chi connectivity index (χ2v) is 7.39. The van der Waals surface area contributed by atoms with Gasteiger partial charge in [-0.2, -0.15) is 0 Å². The third-order valence-electron chi connectivity index (χ3n) is 3.67. The number of amides is 1. The van der Waals surface area contributed by atoms with Crippen molar-refractivity contribution in [1.82, 2.24) is 15.3 Å². The summed E-state index contributed by atoms with van der Waals surface area (Å²) in [7, 11) is 0. The molecule has 152 valence electrons. The van der Waals surface area contributed by atoms with Gasteiger partial charge in [0.05, 0.1) is 12.2 Å². The average Bonchev–Trinajstić information content (AvgIpc) is 2.95. The molecule has 1 amide bonds. The van der Waals surface area contributed by atoms with E-state index >= 15 is 0 Å². The first-order valence-corrected chi connectivity index (χ1v) is 9.13. The molecule has 0 aliphatic carbocycles. The number of nitrogens with one attached hydrogen (secondary N) is 1. The lowest BCUT2D eigenvalue weighted by Gasteiger charge is -2.21. The number of hydrogen-bond acceptors (Lipinski definition) is 7. The number of carbonyl (C=O) groups excluding carboxylic acids is 2. The van der Waals surface area contributed by atoms with E-state index in [1.165, 1.54) is 0 Å². The van der Waals surface area contributed by atoms with Gasteiger partial charge in [0, 0.05) is 5.69 Å². The molecule has 0 saturated heterocycles. The molecule has 2 rings (SSSR count). The molecule has 0 spiro atoms. The number of hydrogen-bond donors (Lipinski definition) is 1. The lowest BCUT2D eigenvalue weighted by Crippen LogP contribution is -2.34. The van der Waals surface area contributed by atoms with E-state index in [1.807, 2.05) is 6.92 Å². The number of aryl methyl sites for hydroxylation is 2. The van der Waals surface area contributed by atoms with Gasteiger partial charge in [-0.1, -0.05) is 0 Å². The summed E-state index contributed by atoms with van der Waals surface area (Å²) in [5.74, 6) is 0.293. The van der Waals surface area contributed by atoms with Crippen LogP contribution in [0.5, 0.6) is 0 Å². The Labute approximate surface area is 164 Å². The van der Waals surface area contributed by atoms with E-state index in [0.717, 1.165) is 5.69 Å². The Hall–Kier alpha value is -2.90. The molecule has 0 fully saturated rings. The molecule has 2 aromatic rings. The topological polar surface area (TPSA) is 104 Å². The highest BCUT2D eigenvalue weighted by molar-refractivity contribution is 5.95. The summed E-state index contributed by atoms with van der Waals surface area (Å²) in [5.41, 5.74) is 1.24. The largest absolute Gasteiger partial charge is 0.462 e. The molecular weight excluding hydrogens is 362 g/mol. The van der Waals surface area contributed by atoms with Crippen LogP contribution in [0.3, 0.4) is 0 Å². The van der Waals surface area contributed by atoms with Crippen molar-refractivity contribution in [3.05, 3.63) is 35.0 Å². The van der Waals surface area contributed by atoms with Gasteiger partial charge in [0.15, 0.2) is 0 Å². The summed E-state index contributed by atoms with van der Waals surface area (Å²) in [5, 5.41) is 2.68. The van der Waals surface area contributed by atoms with E-state index in [2.05, 4.69) is 15.3 Å². The number of pyridine rings is 1. The Morgan fingerprint density at radius 3 is 2.46 bits per heavy atom. The fourth-order valence-electron chi connectivity index (χ4n) is 2.48. The number of alkyl carbamates (subject to hydrolysis) is 1. The van der Waals surface area contributed by atoms with E-state index in [1.54, 1.807) is 53.7 Å². The second-order valence-electron chi connectivity index (χ2n) is 7.39. The van der Waals surface area contributed by atoms with Crippen LogP contribution in [0.1, 0.15) is 68.4 Å². The molecular formula is C20H27N3O5. The molecule has 2 heterocycles. The van der Waals surface area contributed by atoms with Crippen molar-refractivity contribution in [3.63, 3.8) is 0 Å². The van der Waals surface area contributed by atoms with E-state index in [4.69, 9.17) is 13.9 Å². The molecule has 0 radical (unpaired) electrons. The van der Waals surface area contributed by atoms with E-state index in [0.29, 0.717) is 22.7 Å². The highest BCUT2D eigenvalue weighted by Crippen LogP contribution is 2.28. The minimum absolute atomic E-state index is 0.256. The monoisotopic (exact) mass is 389 g/mol. The van der Waals surface area contributed by atoms with Gasteiger partial charge in [-0.05, 0) is 60.6 Å². The Balaban J connectivity index is 2.33. The Kier molecular flexibility index (Phi) is 6.43. The third kappa shape index (κ3) is 5.31. The molecule has 8 nitrogen and oxygen atoms in total. The van der Waals surface area contributed by atoms with Gasteiger partial charge in [0.1, 0.15) is 28.8 Å². The standard InChI is InChI=1S/C20H27N3O5/c1-8-26-18(24)14-10-9-11(2)21-16(14)15-13(4)27-17(23-15)12(3)22-19(25)28-20(5,6)7/h9-10,12H,8H2,1-7H3,(H,22,25)/t12-/m0/s1. The van der Waals surface area contributed by atoms with Gasteiger partial charge in [-0.3, -0.25) is 4.98 Å². The molecule has 0 unspecified atom stereocenters. The first-order chi connectivity index (χ1) is 13.0. The number of nitrogens with zero attached hydrogens (tertiary/aromatic N) is 2. The van der Waals surface area contributed by atoms with Crippen LogP contribution in [0.15, 0.2) is 16.5 Å². The number of aromatic nitrogens is 2. The maximum absolute atomic E-state index is 12.3. The van der Waals surface area contributed by atoms with Crippen LogP contribution in [0.25, 0.3) is 11.4 Å². The molecule has 1 N–H and O–H groups in total. The smallest absolute Gasteiger partial charge is 0.408 e. The molecule has 8 heteroatoms. The van der Waals surface area contributed by atoms with Crippen molar-refractivity contribution in [3.8, 4) is 11.4 Å². The molecule has 0 aliphatic heterocycles. The summed E-state index contributed by atoms with van der Waals surface area (Å²) in [6.07, 6.45) is -0.571. The van der Waals surface area contributed by atoms with E-state index in [9.17, 15) is 9.59 Å². The Bertz CT molecular complexity index is 867. The van der Waals surface area contributed by atoms with E-state index < -0.39 is 23.7 Å². The summed E-state index contributed by atoms with van der Waals surface area (Å²) in [4.78, 5) is 33.2. The molecule has 28 heavy (non-hydrogen) atoms. The quantitative estimate of drug-likeness (QED) is 0.767.